The van der Waals surface area contributed by atoms with E-state index < -0.39 is 5.97 Å². The van der Waals surface area contributed by atoms with Crippen molar-refractivity contribution in [2.24, 2.45) is 0 Å². The van der Waals surface area contributed by atoms with Gasteiger partial charge >= 0.3 is 5.97 Å². The van der Waals surface area contributed by atoms with Gasteiger partial charge in [0.15, 0.2) is 0 Å². The Morgan fingerprint density at radius 2 is 2.18 bits per heavy atom. The molecule has 0 fully saturated rings. The third-order valence-corrected chi connectivity index (χ3v) is 1.19. The molecule has 5 nitrogen and oxygen atoms in total. The molecule has 11 heavy (non-hydrogen) atoms. The predicted molar refractivity (Wildman–Crippen MR) is 40.0 cm³/mol. The molecule has 1 aromatic heterocycles. The molecule has 0 radical (unpaired) electrons. The molecule has 0 bridgehead atoms. The second kappa shape index (κ2) is 2.45. The van der Waals surface area contributed by atoms with Crippen molar-refractivity contribution in [3.8, 4) is 0 Å². The van der Waals surface area contributed by atoms with Gasteiger partial charge in [0.2, 0.25) is 0 Å². The summed E-state index contributed by atoms with van der Waals surface area (Å²) in [4.78, 5) is 14.0. The van der Waals surface area contributed by atoms with Gasteiger partial charge in [-0.3, -0.25) is 0 Å². The van der Waals surface area contributed by atoms with Crippen molar-refractivity contribution < 1.29 is 9.90 Å². The topological polar surface area (TPSA) is 102 Å². The number of hydrogen-bond acceptors (Lipinski definition) is 4. The minimum absolute atomic E-state index is 0.0162. The van der Waals surface area contributed by atoms with Crippen LogP contribution in [-0.4, -0.2) is 16.1 Å². The normalized spacial score (nSPS) is 9.45. The van der Waals surface area contributed by atoms with E-state index in [-0.39, 0.29) is 17.1 Å². The average molecular weight is 153 g/mol. The van der Waals surface area contributed by atoms with E-state index in [1.165, 1.54) is 12.3 Å². The minimum atomic E-state index is -1.10. The highest BCUT2D eigenvalue weighted by Crippen LogP contribution is 2.11. The van der Waals surface area contributed by atoms with Crippen LogP contribution in [0, 0.1) is 0 Å². The number of nitrogens with two attached hydrogens (primary N) is 2. The molecular weight excluding hydrogens is 146 g/mol. The smallest absolute Gasteiger partial charge is 0.337 e. The van der Waals surface area contributed by atoms with Crippen LogP contribution in [0.15, 0.2) is 12.3 Å². The molecule has 5 N–H and O–H groups in total. The van der Waals surface area contributed by atoms with Crippen LogP contribution in [-0.2, 0) is 0 Å². The Balaban J connectivity index is 3.23. The molecule has 58 valence electrons. The summed E-state index contributed by atoms with van der Waals surface area (Å²) in [6.45, 7) is 0. The molecule has 0 aliphatic rings. The summed E-state index contributed by atoms with van der Waals surface area (Å²) in [6, 6.07) is 1.22. The van der Waals surface area contributed by atoms with Crippen LogP contribution in [0.4, 0.5) is 11.5 Å². The highest BCUT2D eigenvalue weighted by molar-refractivity contribution is 5.94. The highest BCUT2D eigenvalue weighted by atomic mass is 16.4. The standard InChI is InChI=1S/C6H7N3O2/c7-4-2-9-5(8)1-3(4)6(10)11/h1-2H,7H2,(H2,8,9)(H,10,11). The van der Waals surface area contributed by atoms with E-state index in [0.29, 0.717) is 0 Å². The van der Waals surface area contributed by atoms with Crippen molar-refractivity contribution in [1.29, 1.82) is 0 Å². The molecule has 5 heteroatoms. The number of aromatic nitrogens is 1. The first kappa shape index (κ1) is 7.33. The Labute approximate surface area is 62.7 Å². The molecule has 0 unspecified atom stereocenters. The highest BCUT2D eigenvalue weighted by Gasteiger charge is 2.07. The maximum Gasteiger partial charge on any atom is 0.337 e. The van der Waals surface area contributed by atoms with Crippen LogP contribution in [0.25, 0.3) is 0 Å². The molecule has 0 saturated carbocycles. The quantitative estimate of drug-likeness (QED) is 0.524. The van der Waals surface area contributed by atoms with Gasteiger partial charge in [0.05, 0.1) is 17.4 Å². The van der Waals surface area contributed by atoms with Crippen LogP contribution in [0.2, 0.25) is 0 Å². The van der Waals surface area contributed by atoms with Crippen LogP contribution in [0.1, 0.15) is 10.4 Å². The lowest BCUT2D eigenvalue weighted by atomic mass is 10.2. The molecular formula is C6H7N3O2. The maximum absolute atomic E-state index is 10.4. The monoisotopic (exact) mass is 153 g/mol. The summed E-state index contributed by atoms with van der Waals surface area (Å²) in [5, 5.41) is 8.53. The van der Waals surface area contributed by atoms with Crippen molar-refractivity contribution >= 4 is 17.5 Å². The Hall–Kier alpha value is -1.78. The molecule has 0 aromatic carbocycles. The van der Waals surface area contributed by atoms with Gasteiger partial charge in [-0.25, -0.2) is 9.78 Å². The lowest BCUT2D eigenvalue weighted by molar-refractivity contribution is 0.0698. The van der Waals surface area contributed by atoms with Crippen molar-refractivity contribution in [1.82, 2.24) is 4.98 Å². The summed E-state index contributed by atoms with van der Waals surface area (Å²) in [5.41, 5.74) is 10.6. The Kier molecular flexibility index (Phi) is 1.63. The van der Waals surface area contributed by atoms with Gasteiger partial charge < -0.3 is 16.6 Å². The van der Waals surface area contributed by atoms with Gasteiger partial charge in [-0.15, -0.1) is 0 Å². The summed E-state index contributed by atoms with van der Waals surface area (Å²) >= 11 is 0. The zero-order chi connectivity index (χ0) is 8.43. The van der Waals surface area contributed by atoms with E-state index >= 15 is 0 Å². The number of nitrogens with zero attached hydrogens (tertiary/aromatic N) is 1. The molecule has 0 spiro atoms. The third-order valence-electron chi connectivity index (χ3n) is 1.19. The van der Waals surface area contributed by atoms with Gasteiger partial charge in [0, 0.05) is 0 Å². The van der Waals surface area contributed by atoms with Crippen LogP contribution in [0.5, 0.6) is 0 Å². The summed E-state index contributed by atoms with van der Waals surface area (Å²) in [5.74, 6) is -0.951. The lowest BCUT2D eigenvalue weighted by Crippen LogP contribution is -2.04. The van der Waals surface area contributed by atoms with E-state index in [0.717, 1.165) is 0 Å². The largest absolute Gasteiger partial charge is 0.478 e. The molecule has 1 heterocycles. The van der Waals surface area contributed by atoms with Gasteiger partial charge in [0.1, 0.15) is 5.82 Å². The van der Waals surface area contributed by atoms with Crippen LogP contribution >= 0.6 is 0 Å². The second-order valence-corrected chi connectivity index (χ2v) is 2.00. The first-order chi connectivity index (χ1) is 5.11. The first-order valence-corrected chi connectivity index (χ1v) is 2.85. The Bertz CT molecular complexity index is 298. The fourth-order valence-electron chi connectivity index (χ4n) is 0.667. The number of nitrogen functional groups attached to an aromatic ring is 2. The van der Waals surface area contributed by atoms with Crippen LogP contribution in [0.3, 0.4) is 0 Å². The first-order valence-electron chi connectivity index (χ1n) is 2.85. The maximum atomic E-state index is 10.4. The molecule has 0 amide bonds. The zero-order valence-corrected chi connectivity index (χ0v) is 5.61. The average Bonchev–Trinajstić information content (AvgIpc) is 1.94. The fraction of sp³-hybridized carbons (Fsp3) is 0. The van der Waals surface area contributed by atoms with Crippen molar-refractivity contribution in [2.75, 3.05) is 11.5 Å². The third kappa shape index (κ3) is 1.37. The Morgan fingerprint density at radius 1 is 1.55 bits per heavy atom. The van der Waals surface area contributed by atoms with Crippen LogP contribution < -0.4 is 11.5 Å². The molecule has 0 atom stereocenters. The van der Waals surface area contributed by atoms with Gasteiger partial charge in [0.25, 0.3) is 0 Å². The predicted octanol–water partition coefficient (Wildman–Crippen LogP) is -0.0558. The molecule has 1 rings (SSSR count). The number of carbonyl (C=O) groups is 1. The molecule has 0 aliphatic heterocycles. The number of aromatic carboxylic acids is 1. The Morgan fingerprint density at radius 3 is 2.64 bits per heavy atom. The number of carboxylic acid groups (broad SMARTS) is 1. The minimum Gasteiger partial charge on any atom is -0.478 e. The number of hydrogen-bond donors (Lipinski definition) is 3. The van der Waals surface area contributed by atoms with Crippen molar-refractivity contribution in [3.63, 3.8) is 0 Å². The van der Waals surface area contributed by atoms with E-state index in [1.54, 1.807) is 0 Å². The second-order valence-electron chi connectivity index (χ2n) is 2.00. The number of pyridine rings is 1. The summed E-state index contributed by atoms with van der Waals surface area (Å²) in [7, 11) is 0. The van der Waals surface area contributed by atoms with Gasteiger partial charge in [-0.2, -0.15) is 0 Å². The van der Waals surface area contributed by atoms with Crippen molar-refractivity contribution in [3.05, 3.63) is 17.8 Å². The van der Waals surface area contributed by atoms with E-state index in [2.05, 4.69) is 4.98 Å². The van der Waals surface area contributed by atoms with E-state index in [1.807, 2.05) is 0 Å². The van der Waals surface area contributed by atoms with E-state index in [4.69, 9.17) is 16.6 Å². The summed E-state index contributed by atoms with van der Waals surface area (Å²) < 4.78 is 0. The molecule has 0 aliphatic carbocycles. The molecule has 0 saturated heterocycles. The number of rotatable bonds is 1. The van der Waals surface area contributed by atoms with Crippen molar-refractivity contribution in [2.45, 2.75) is 0 Å². The van der Waals surface area contributed by atoms with Gasteiger partial charge in [-0.1, -0.05) is 0 Å². The number of carboxylic acids is 1. The zero-order valence-electron chi connectivity index (χ0n) is 5.61. The SMILES string of the molecule is Nc1cc(C(=O)O)c(N)cn1. The lowest BCUT2D eigenvalue weighted by Gasteiger charge is -1.99. The number of anilines is 2. The van der Waals surface area contributed by atoms with E-state index in [9.17, 15) is 4.79 Å². The van der Waals surface area contributed by atoms with Gasteiger partial charge in [-0.05, 0) is 6.07 Å². The fourth-order valence-corrected chi connectivity index (χ4v) is 0.667. The molecule has 1 aromatic rings. The summed E-state index contributed by atoms with van der Waals surface area (Å²) in [6.07, 6.45) is 1.22.